The molecule has 0 radical (unpaired) electrons. The number of halogens is 2. The zero-order valence-electron chi connectivity index (χ0n) is 14.6. The van der Waals surface area contributed by atoms with E-state index in [1.165, 1.54) is 18.5 Å². The highest BCUT2D eigenvalue weighted by molar-refractivity contribution is 5.85. The van der Waals surface area contributed by atoms with Gasteiger partial charge in [0.05, 0.1) is 23.7 Å². The quantitative estimate of drug-likeness (QED) is 0.712. The maximum Gasteiger partial charge on any atom is 0.163 e. The van der Waals surface area contributed by atoms with Gasteiger partial charge in [-0.25, -0.2) is 9.50 Å². The van der Waals surface area contributed by atoms with Crippen molar-refractivity contribution < 1.29 is 5.11 Å². The molecule has 1 fully saturated rings. The Labute approximate surface area is 164 Å². The summed E-state index contributed by atoms with van der Waals surface area (Å²) in [5.41, 5.74) is 5.67. The van der Waals surface area contributed by atoms with E-state index in [2.05, 4.69) is 21.4 Å². The van der Waals surface area contributed by atoms with Crippen molar-refractivity contribution >= 4 is 30.5 Å². The molecule has 0 spiro atoms. The van der Waals surface area contributed by atoms with Crippen molar-refractivity contribution in [2.24, 2.45) is 0 Å². The molecule has 1 saturated heterocycles. The van der Waals surface area contributed by atoms with Crippen molar-refractivity contribution in [3.63, 3.8) is 0 Å². The number of piperidine rings is 1. The van der Waals surface area contributed by atoms with E-state index in [9.17, 15) is 5.11 Å². The molecule has 26 heavy (non-hydrogen) atoms. The van der Waals surface area contributed by atoms with E-state index >= 15 is 0 Å². The summed E-state index contributed by atoms with van der Waals surface area (Å²) < 4.78 is 1.99. The number of aryl methyl sites for hydroxylation is 1. The monoisotopic (exact) mass is 395 g/mol. The second-order valence-corrected chi connectivity index (χ2v) is 6.30. The van der Waals surface area contributed by atoms with Gasteiger partial charge >= 0.3 is 0 Å². The van der Waals surface area contributed by atoms with Gasteiger partial charge in [0.15, 0.2) is 5.65 Å². The van der Waals surface area contributed by atoms with E-state index in [4.69, 9.17) is 5.10 Å². The molecule has 0 saturated carbocycles. The van der Waals surface area contributed by atoms with Crippen LogP contribution < -0.4 is 5.32 Å². The third-order valence-electron chi connectivity index (χ3n) is 4.71. The number of fused-ring (bicyclic) bond motifs is 1. The molecule has 1 aliphatic rings. The first-order valence-corrected chi connectivity index (χ1v) is 8.39. The molecule has 4 heterocycles. The molecule has 140 valence electrons. The van der Waals surface area contributed by atoms with Gasteiger partial charge in [0.2, 0.25) is 0 Å². The Bertz CT molecular complexity index is 877. The Morgan fingerprint density at radius 2 is 2.04 bits per heavy atom. The van der Waals surface area contributed by atoms with Crippen LogP contribution in [0.25, 0.3) is 16.8 Å². The van der Waals surface area contributed by atoms with E-state index in [0.717, 1.165) is 35.6 Å². The van der Waals surface area contributed by atoms with E-state index < -0.39 is 0 Å². The van der Waals surface area contributed by atoms with Crippen molar-refractivity contribution in [2.75, 3.05) is 13.1 Å². The van der Waals surface area contributed by atoms with E-state index in [-0.39, 0.29) is 31.4 Å². The van der Waals surface area contributed by atoms with Gasteiger partial charge in [-0.3, -0.25) is 4.98 Å². The Morgan fingerprint density at radius 3 is 2.77 bits per heavy atom. The Balaban J connectivity index is 0.00000121. The minimum Gasteiger partial charge on any atom is -0.390 e. The lowest BCUT2D eigenvalue weighted by molar-refractivity contribution is 0.277. The Kier molecular flexibility index (Phi) is 6.94. The fourth-order valence-corrected chi connectivity index (χ4v) is 3.54. The molecule has 1 aliphatic heterocycles. The molecule has 1 unspecified atom stereocenters. The van der Waals surface area contributed by atoms with Gasteiger partial charge in [-0.05, 0) is 50.1 Å². The lowest BCUT2D eigenvalue weighted by atomic mass is 9.96. The second-order valence-electron chi connectivity index (χ2n) is 6.30. The molecule has 4 rings (SSSR count). The Morgan fingerprint density at radius 1 is 1.23 bits per heavy atom. The number of nitrogens with zero attached hydrogens (tertiary/aromatic N) is 4. The van der Waals surface area contributed by atoms with Crippen molar-refractivity contribution in [1.29, 1.82) is 0 Å². The maximum atomic E-state index is 9.35. The zero-order chi connectivity index (χ0) is 16.5. The fourth-order valence-electron chi connectivity index (χ4n) is 3.54. The Hall–Kier alpha value is -1.73. The molecule has 0 bridgehead atoms. The molecule has 3 aromatic heterocycles. The normalized spacial score (nSPS) is 16.8. The number of pyridine rings is 1. The molecule has 2 N–H and O–H groups in total. The van der Waals surface area contributed by atoms with Crippen LogP contribution in [0, 0.1) is 6.92 Å². The topological polar surface area (TPSA) is 75.3 Å². The zero-order valence-corrected chi connectivity index (χ0v) is 16.2. The van der Waals surface area contributed by atoms with E-state index in [1.807, 2.05) is 29.8 Å². The van der Waals surface area contributed by atoms with Crippen LogP contribution in [0.1, 0.15) is 35.8 Å². The molecule has 6 nitrogen and oxygen atoms in total. The average Bonchev–Trinajstić information content (AvgIpc) is 2.98. The highest BCUT2D eigenvalue weighted by Gasteiger charge is 2.21. The summed E-state index contributed by atoms with van der Waals surface area (Å²) in [5, 5.41) is 17.6. The minimum absolute atomic E-state index is 0. The van der Waals surface area contributed by atoms with Crippen LogP contribution in [0.15, 0.2) is 30.6 Å². The molecule has 3 aromatic rings. The molecular weight excluding hydrogens is 373 g/mol. The van der Waals surface area contributed by atoms with Crippen LogP contribution in [0.2, 0.25) is 0 Å². The van der Waals surface area contributed by atoms with Crippen LogP contribution in [0.3, 0.4) is 0 Å². The predicted molar refractivity (Wildman–Crippen MR) is 106 cm³/mol. The maximum absolute atomic E-state index is 9.35. The highest BCUT2D eigenvalue weighted by Crippen LogP contribution is 2.30. The number of hydrogen-bond donors (Lipinski definition) is 2. The lowest BCUT2D eigenvalue weighted by Gasteiger charge is -2.23. The van der Waals surface area contributed by atoms with E-state index in [1.54, 1.807) is 6.20 Å². The van der Waals surface area contributed by atoms with Gasteiger partial charge in [-0.1, -0.05) is 0 Å². The second kappa shape index (κ2) is 8.77. The van der Waals surface area contributed by atoms with Crippen molar-refractivity contribution in [2.45, 2.75) is 32.3 Å². The lowest BCUT2D eigenvalue weighted by Crippen LogP contribution is -2.29. The molecule has 0 amide bonds. The van der Waals surface area contributed by atoms with Gasteiger partial charge in [0.1, 0.15) is 0 Å². The van der Waals surface area contributed by atoms with Crippen LogP contribution in [0.4, 0.5) is 0 Å². The molecule has 8 heteroatoms. The third kappa shape index (κ3) is 3.69. The summed E-state index contributed by atoms with van der Waals surface area (Å²) in [5.74, 6) is 0.460. The number of nitrogens with one attached hydrogen (secondary N) is 1. The molecule has 0 aromatic carbocycles. The average molecular weight is 396 g/mol. The van der Waals surface area contributed by atoms with Crippen LogP contribution in [0.5, 0.6) is 0 Å². The van der Waals surface area contributed by atoms with E-state index in [0.29, 0.717) is 11.6 Å². The molecule has 0 aliphatic carbocycles. The molecule has 1 atom stereocenters. The van der Waals surface area contributed by atoms with Crippen molar-refractivity contribution in [3.05, 3.63) is 47.7 Å². The SMILES string of the molecule is Cc1nn2c(C3CCCNC3)ccnc2c1-c1ccnc(CO)c1.Cl.Cl. The first-order chi connectivity index (χ1) is 11.8. The number of hydrogen-bond acceptors (Lipinski definition) is 5. The smallest absolute Gasteiger partial charge is 0.163 e. The standard InChI is InChI=1S/C18H21N5O.2ClH/c1-12-17(13-4-7-20-15(9-13)11-24)18-21-8-5-16(23(18)22-12)14-3-2-6-19-10-14;;/h4-5,7-9,14,19,24H,2-3,6,10-11H2,1H3;2*1H. The van der Waals surface area contributed by atoms with Crippen LogP contribution in [-0.4, -0.2) is 37.8 Å². The summed E-state index contributed by atoms with van der Waals surface area (Å²) in [7, 11) is 0. The number of rotatable bonds is 3. The summed E-state index contributed by atoms with van der Waals surface area (Å²) in [4.78, 5) is 8.75. The third-order valence-corrected chi connectivity index (χ3v) is 4.71. The first kappa shape index (κ1) is 20.6. The summed E-state index contributed by atoms with van der Waals surface area (Å²) in [6.45, 7) is 4.01. The molecular formula is C18H23Cl2N5O. The summed E-state index contributed by atoms with van der Waals surface area (Å²) in [6.07, 6.45) is 5.95. The van der Waals surface area contributed by atoms with Gasteiger partial charge in [-0.2, -0.15) is 5.10 Å². The van der Waals surface area contributed by atoms with Gasteiger partial charge in [-0.15, -0.1) is 24.8 Å². The number of aliphatic hydroxyl groups is 1. The van der Waals surface area contributed by atoms with Crippen LogP contribution in [-0.2, 0) is 6.61 Å². The number of aliphatic hydroxyl groups excluding tert-OH is 1. The van der Waals surface area contributed by atoms with Crippen molar-refractivity contribution in [1.82, 2.24) is 24.9 Å². The number of aromatic nitrogens is 4. The van der Waals surface area contributed by atoms with Gasteiger partial charge in [0, 0.05) is 30.4 Å². The first-order valence-electron chi connectivity index (χ1n) is 8.39. The van der Waals surface area contributed by atoms with Crippen molar-refractivity contribution in [3.8, 4) is 11.1 Å². The van der Waals surface area contributed by atoms with Crippen LogP contribution >= 0.6 is 24.8 Å². The van der Waals surface area contributed by atoms with Gasteiger partial charge < -0.3 is 10.4 Å². The van der Waals surface area contributed by atoms with Gasteiger partial charge in [0.25, 0.3) is 0 Å². The predicted octanol–water partition coefficient (Wildman–Crippen LogP) is 2.90. The largest absolute Gasteiger partial charge is 0.390 e. The minimum atomic E-state index is -0.0709. The fraction of sp³-hybridized carbons (Fsp3) is 0.389. The summed E-state index contributed by atoms with van der Waals surface area (Å²) >= 11 is 0. The highest BCUT2D eigenvalue weighted by atomic mass is 35.5. The summed E-state index contributed by atoms with van der Waals surface area (Å²) in [6, 6.07) is 5.92.